The molecule has 2 unspecified atom stereocenters. The van der Waals surface area contributed by atoms with E-state index in [1.165, 1.54) is 50.6 Å². The monoisotopic (exact) mass is 280 g/mol. The topological polar surface area (TPSA) is 35.5 Å². The van der Waals surface area contributed by atoms with Crippen LogP contribution in [0.3, 0.4) is 0 Å². The third kappa shape index (κ3) is 4.18. The molecule has 112 valence electrons. The summed E-state index contributed by atoms with van der Waals surface area (Å²) in [5.74, 6) is -0.160. The first kappa shape index (κ1) is 15.3. The summed E-state index contributed by atoms with van der Waals surface area (Å²) in [6.07, 6.45) is 3.91. The summed E-state index contributed by atoms with van der Waals surface area (Å²) in [6, 6.07) is 4.35. The van der Waals surface area contributed by atoms with Crippen molar-refractivity contribution in [1.82, 2.24) is 10.2 Å². The first-order valence-electron chi connectivity index (χ1n) is 7.53. The molecule has 1 heterocycles. The van der Waals surface area contributed by atoms with Gasteiger partial charge in [0.25, 0.3) is 0 Å². The molecule has 0 saturated carbocycles. The van der Waals surface area contributed by atoms with E-state index in [9.17, 15) is 9.50 Å². The Hall–Kier alpha value is -1.13. The van der Waals surface area contributed by atoms with Crippen LogP contribution in [-0.4, -0.2) is 35.7 Å². The van der Waals surface area contributed by atoms with Gasteiger partial charge >= 0.3 is 0 Å². The smallest absolute Gasteiger partial charge is 0.123 e. The maximum atomic E-state index is 13.3. The van der Waals surface area contributed by atoms with E-state index in [2.05, 4.69) is 17.1 Å². The first-order valence-corrected chi connectivity index (χ1v) is 7.53. The molecule has 0 aromatic heterocycles. The van der Waals surface area contributed by atoms with Crippen molar-refractivity contribution in [2.75, 3.05) is 19.6 Å². The second kappa shape index (κ2) is 7.04. The Kier molecular flexibility index (Phi) is 5.38. The van der Waals surface area contributed by atoms with E-state index in [-0.39, 0.29) is 17.6 Å². The summed E-state index contributed by atoms with van der Waals surface area (Å²) >= 11 is 0. The minimum Gasteiger partial charge on any atom is -0.508 e. The second-order valence-corrected chi connectivity index (χ2v) is 5.85. The summed E-state index contributed by atoms with van der Waals surface area (Å²) < 4.78 is 13.3. The van der Waals surface area contributed by atoms with Crippen molar-refractivity contribution < 1.29 is 9.50 Å². The van der Waals surface area contributed by atoms with Gasteiger partial charge in [-0.3, -0.25) is 0 Å². The number of benzene rings is 1. The van der Waals surface area contributed by atoms with Crippen molar-refractivity contribution in [1.29, 1.82) is 0 Å². The van der Waals surface area contributed by atoms with E-state index in [4.69, 9.17) is 0 Å². The fourth-order valence-electron chi connectivity index (χ4n) is 2.97. The Balaban J connectivity index is 1.89. The highest BCUT2D eigenvalue weighted by Gasteiger charge is 2.17. The number of halogens is 1. The Bertz CT molecular complexity index is 432. The highest BCUT2D eigenvalue weighted by atomic mass is 19.1. The molecule has 2 N–H and O–H groups in total. The molecule has 2 rings (SSSR count). The van der Waals surface area contributed by atoms with Crippen LogP contribution in [0.15, 0.2) is 18.2 Å². The molecular formula is C16H25FN2O. The van der Waals surface area contributed by atoms with Crippen molar-refractivity contribution in [2.45, 2.75) is 45.2 Å². The van der Waals surface area contributed by atoms with Crippen molar-refractivity contribution in [3.8, 4) is 5.75 Å². The maximum absolute atomic E-state index is 13.3. The van der Waals surface area contributed by atoms with Crippen LogP contribution < -0.4 is 5.32 Å². The molecule has 1 aromatic rings. The number of rotatable bonds is 5. The van der Waals surface area contributed by atoms with Gasteiger partial charge in [0.1, 0.15) is 11.6 Å². The number of hydrogen-bond acceptors (Lipinski definition) is 3. The number of nitrogens with zero attached hydrogens (tertiary/aromatic N) is 1. The van der Waals surface area contributed by atoms with Gasteiger partial charge in [0.2, 0.25) is 0 Å². The molecule has 1 fully saturated rings. The molecule has 2 atom stereocenters. The lowest BCUT2D eigenvalue weighted by Crippen LogP contribution is -2.42. The summed E-state index contributed by atoms with van der Waals surface area (Å²) in [5.41, 5.74) is 0.621. The molecule has 3 nitrogen and oxygen atoms in total. The van der Waals surface area contributed by atoms with Gasteiger partial charge in [-0.2, -0.15) is 0 Å². The average Bonchev–Trinajstić information content (AvgIpc) is 2.42. The van der Waals surface area contributed by atoms with Crippen LogP contribution in [0.5, 0.6) is 5.75 Å². The van der Waals surface area contributed by atoms with Gasteiger partial charge in [-0.05, 0) is 58.0 Å². The van der Waals surface area contributed by atoms with Crippen LogP contribution >= 0.6 is 0 Å². The van der Waals surface area contributed by atoms with Gasteiger partial charge in [0, 0.05) is 24.2 Å². The minimum absolute atomic E-state index is 0.0644. The molecule has 0 bridgehead atoms. The van der Waals surface area contributed by atoms with Crippen LogP contribution in [0.25, 0.3) is 0 Å². The number of phenolic OH excluding ortho intramolecular Hbond substituents is 1. The standard InChI is InChI=1S/C16H25FN2O/c1-12(11-19-8-4-3-5-9-19)18-13(2)15-10-14(17)6-7-16(15)20/h6-7,10,12-13,18,20H,3-5,8-9,11H2,1-2H3. The zero-order valence-corrected chi connectivity index (χ0v) is 12.4. The number of aromatic hydroxyl groups is 1. The SMILES string of the molecule is CC(CN1CCCCC1)NC(C)c1cc(F)ccc1O. The Labute approximate surface area is 120 Å². The molecule has 1 aromatic carbocycles. The van der Waals surface area contributed by atoms with Crippen molar-refractivity contribution >= 4 is 0 Å². The number of phenols is 1. The summed E-state index contributed by atoms with van der Waals surface area (Å²) in [5, 5.41) is 13.3. The number of nitrogens with one attached hydrogen (secondary N) is 1. The number of hydrogen-bond donors (Lipinski definition) is 2. The van der Waals surface area contributed by atoms with E-state index in [0.29, 0.717) is 11.6 Å². The van der Waals surface area contributed by atoms with Crippen LogP contribution in [0.1, 0.15) is 44.7 Å². The van der Waals surface area contributed by atoms with Crippen LogP contribution in [0.4, 0.5) is 4.39 Å². The molecule has 20 heavy (non-hydrogen) atoms. The highest BCUT2D eigenvalue weighted by molar-refractivity contribution is 5.34. The fraction of sp³-hybridized carbons (Fsp3) is 0.625. The van der Waals surface area contributed by atoms with Crippen molar-refractivity contribution in [2.24, 2.45) is 0 Å². The largest absolute Gasteiger partial charge is 0.508 e. The van der Waals surface area contributed by atoms with Gasteiger partial charge in [0.05, 0.1) is 0 Å². The summed E-state index contributed by atoms with van der Waals surface area (Å²) in [4.78, 5) is 2.47. The summed E-state index contributed by atoms with van der Waals surface area (Å²) in [6.45, 7) is 7.44. The predicted octanol–water partition coefficient (Wildman–Crippen LogP) is 3.06. The molecular weight excluding hydrogens is 255 g/mol. The van der Waals surface area contributed by atoms with Gasteiger partial charge < -0.3 is 15.3 Å². The number of likely N-dealkylation sites (tertiary alicyclic amines) is 1. The molecule has 0 amide bonds. The summed E-state index contributed by atoms with van der Waals surface area (Å²) in [7, 11) is 0. The average molecular weight is 280 g/mol. The lowest BCUT2D eigenvalue weighted by molar-refractivity contribution is 0.205. The normalized spacial score (nSPS) is 19.8. The molecule has 0 aliphatic carbocycles. The van der Waals surface area contributed by atoms with E-state index in [1.54, 1.807) is 0 Å². The second-order valence-electron chi connectivity index (χ2n) is 5.85. The molecule has 1 aliphatic heterocycles. The Morgan fingerprint density at radius 3 is 2.65 bits per heavy atom. The quantitative estimate of drug-likeness (QED) is 0.870. The van der Waals surface area contributed by atoms with Gasteiger partial charge in [-0.25, -0.2) is 4.39 Å². The zero-order valence-electron chi connectivity index (χ0n) is 12.4. The van der Waals surface area contributed by atoms with Gasteiger partial charge in [-0.1, -0.05) is 6.42 Å². The van der Waals surface area contributed by atoms with Crippen molar-refractivity contribution in [3.05, 3.63) is 29.6 Å². The fourth-order valence-corrected chi connectivity index (χ4v) is 2.97. The lowest BCUT2D eigenvalue weighted by atomic mass is 10.1. The predicted molar refractivity (Wildman–Crippen MR) is 79.4 cm³/mol. The molecule has 0 radical (unpaired) electrons. The number of piperidine rings is 1. The molecule has 1 saturated heterocycles. The van der Waals surface area contributed by atoms with Gasteiger partial charge in [-0.15, -0.1) is 0 Å². The van der Waals surface area contributed by atoms with Crippen LogP contribution in [-0.2, 0) is 0 Å². The molecule has 4 heteroatoms. The van der Waals surface area contributed by atoms with Crippen molar-refractivity contribution in [3.63, 3.8) is 0 Å². The Morgan fingerprint density at radius 1 is 1.25 bits per heavy atom. The highest BCUT2D eigenvalue weighted by Crippen LogP contribution is 2.25. The first-order chi connectivity index (χ1) is 9.56. The Morgan fingerprint density at radius 2 is 1.95 bits per heavy atom. The van der Waals surface area contributed by atoms with Gasteiger partial charge in [0.15, 0.2) is 0 Å². The van der Waals surface area contributed by atoms with Crippen LogP contribution in [0, 0.1) is 5.82 Å². The maximum Gasteiger partial charge on any atom is 0.123 e. The van der Waals surface area contributed by atoms with E-state index >= 15 is 0 Å². The third-order valence-electron chi connectivity index (χ3n) is 3.97. The molecule has 1 aliphatic rings. The zero-order chi connectivity index (χ0) is 14.5. The van der Waals surface area contributed by atoms with E-state index in [0.717, 1.165) is 6.54 Å². The lowest BCUT2D eigenvalue weighted by Gasteiger charge is -2.30. The van der Waals surface area contributed by atoms with Crippen LogP contribution in [0.2, 0.25) is 0 Å². The molecule has 0 spiro atoms. The van der Waals surface area contributed by atoms with E-state index < -0.39 is 0 Å². The van der Waals surface area contributed by atoms with E-state index in [1.807, 2.05) is 6.92 Å². The minimum atomic E-state index is -0.310. The third-order valence-corrected chi connectivity index (χ3v) is 3.97.